The number of benzene rings is 1. The molecule has 7 heteroatoms. The monoisotopic (exact) mass is 409 g/mol. The van der Waals surface area contributed by atoms with Gasteiger partial charge in [0.1, 0.15) is 17.0 Å². The highest BCUT2D eigenvalue weighted by Gasteiger charge is 2.25. The minimum absolute atomic E-state index is 0.0381. The first-order valence-electron chi connectivity index (χ1n) is 10.1. The number of thiophene rings is 1. The summed E-state index contributed by atoms with van der Waals surface area (Å²) in [6.07, 6.45) is 1.63. The topological polar surface area (TPSA) is 52.6 Å². The first-order chi connectivity index (χ1) is 14.1. The van der Waals surface area contributed by atoms with Crippen molar-refractivity contribution in [3.05, 3.63) is 52.7 Å². The third kappa shape index (κ3) is 3.97. The third-order valence-electron chi connectivity index (χ3n) is 5.63. The molecule has 0 aliphatic carbocycles. The number of carbonyl (C=O) groups is 1. The molecule has 0 spiro atoms. The minimum atomic E-state index is 0.0381. The lowest BCUT2D eigenvalue weighted by Gasteiger charge is -2.35. The molecule has 1 aromatic carbocycles. The van der Waals surface area contributed by atoms with Crippen molar-refractivity contribution >= 4 is 33.3 Å². The van der Waals surface area contributed by atoms with Crippen molar-refractivity contribution in [3.63, 3.8) is 0 Å². The number of aryl methyl sites for hydroxylation is 1. The Morgan fingerprint density at radius 2 is 1.86 bits per heavy atom. The molecule has 3 aromatic rings. The highest BCUT2D eigenvalue weighted by atomic mass is 32.1. The van der Waals surface area contributed by atoms with Crippen LogP contribution >= 0.6 is 11.3 Å². The first-order valence-corrected chi connectivity index (χ1v) is 10.9. The smallest absolute Gasteiger partial charge is 0.264 e. The summed E-state index contributed by atoms with van der Waals surface area (Å²) in [7, 11) is 1.86. The van der Waals surface area contributed by atoms with E-state index < -0.39 is 0 Å². The van der Waals surface area contributed by atoms with Gasteiger partial charge in [0.25, 0.3) is 5.91 Å². The average Bonchev–Trinajstić information content (AvgIpc) is 3.10. The van der Waals surface area contributed by atoms with Crippen molar-refractivity contribution in [1.82, 2.24) is 19.8 Å². The predicted octanol–water partition coefficient (Wildman–Crippen LogP) is 3.41. The Hall–Kier alpha value is -2.51. The number of piperazine rings is 1. The number of carbonyl (C=O) groups excluding carboxylic acids is 1. The van der Waals surface area contributed by atoms with E-state index in [-0.39, 0.29) is 5.91 Å². The second-order valence-corrected chi connectivity index (χ2v) is 8.50. The number of hydrogen-bond acceptors (Lipinski definition) is 6. The number of hydrogen-bond donors (Lipinski definition) is 0. The van der Waals surface area contributed by atoms with Gasteiger partial charge < -0.3 is 14.7 Å². The number of aromatic nitrogens is 2. The maximum atomic E-state index is 13.2. The largest absolute Gasteiger partial charge is 0.353 e. The van der Waals surface area contributed by atoms with Crippen LogP contribution in [0, 0.1) is 6.92 Å². The van der Waals surface area contributed by atoms with Crippen LogP contribution in [0.15, 0.2) is 36.7 Å². The number of likely N-dealkylation sites (N-methyl/N-ethyl adjacent to an activating group) is 1. The standard InChI is InChI=1S/C22H27N5OS/c1-4-26-10-12-27(13-11-26)20-18-16(2)19(29-21(18)24-15-23-20)22(28)25(3)14-17-8-6-5-7-9-17/h5-9,15H,4,10-14H2,1-3H3. The van der Waals surface area contributed by atoms with E-state index in [0.717, 1.165) is 64.8 Å². The fourth-order valence-corrected chi connectivity index (χ4v) is 5.01. The molecule has 1 aliphatic heterocycles. The van der Waals surface area contributed by atoms with E-state index >= 15 is 0 Å². The van der Waals surface area contributed by atoms with Gasteiger partial charge >= 0.3 is 0 Å². The molecule has 0 bridgehead atoms. The molecule has 0 saturated carbocycles. The molecule has 6 nitrogen and oxygen atoms in total. The van der Waals surface area contributed by atoms with Crippen LogP contribution in [0.3, 0.4) is 0 Å². The Bertz CT molecular complexity index is 995. The number of nitrogens with zero attached hydrogens (tertiary/aromatic N) is 5. The van der Waals surface area contributed by atoms with E-state index in [2.05, 4.69) is 26.7 Å². The van der Waals surface area contributed by atoms with E-state index in [9.17, 15) is 4.79 Å². The zero-order chi connectivity index (χ0) is 20.4. The van der Waals surface area contributed by atoms with Crippen LogP contribution in [0.2, 0.25) is 0 Å². The van der Waals surface area contributed by atoms with Crippen molar-refractivity contribution in [1.29, 1.82) is 0 Å². The van der Waals surface area contributed by atoms with E-state index in [1.807, 2.05) is 44.3 Å². The van der Waals surface area contributed by atoms with Gasteiger partial charge in [-0.05, 0) is 24.6 Å². The number of anilines is 1. The van der Waals surface area contributed by atoms with Gasteiger partial charge in [0.15, 0.2) is 0 Å². The zero-order valence-electron chi connectivity index (χ0n) is 17.3. The fourth-order valence-electron chi connectivity index (χ4n) is 3.88. The molecule has 0 atom stereocenters. The summed E-state index contributed by atoms with van der Waals surface area (Å²) in [5, 5.41) is 1.03. The second-order valence-electron chi connectivity index (χ2n) is 7.50. The lowest BCUT2D eigenvalue weighted by atomic mass is 10.1. The minimum Gasteiger partial charge on any atom is -0.353 e. The van der Waals surface area contributed by atoms with Crippen LogP contribution in [0.5, 0.6) is 0 Å². The summed E-state index contributed by atoms with van der Waals surface area (Å²) in [6, 6.07) is 10.1. The molecule has 3 heterocycles. The van der Waals surface area contributed by atoms with Crippen LogP contribution in [0.25, 0.3) is 10.2 Å². The molecule has 1 aliphatic rings. The normalized spacial score (nSPS) is 15.1. The summed E-state index contributed by atoms with van der Waals surface area (Å²) in [5.41, 5.74) is 2.11. The van der Waals surface area contributed by atoms with E-state index in [4.69, 9.17) is 0 Å². The Morgan fingerprint density at radius 3 is 2.55 bits per heavy atom. The summed E-state index contributed by atoms with van der Waals surface area (Å²) < 4.78 is 0. The van der Waals surface area contributed by atoms with Gasteiger partial charge in [0.05, 0.1) is 10.3 Å². The zero-order valence-corrected chi connectivity index (χ0v) is 18.1. The Morgan fingerprint density at radius 1 is 1.14 bits per heavy atom. The van der Waals surface area contributed by atoms with Gasteiger partial charge in [-0.3, -0.25) is 4.79 Å². The Kier molecular flexibility index (Phi) is 5.78. The lowest BCUT2D eigenvalue weighted by Crippen LogP contribution is -2.46. The van der Waals surface area contributed by atoms with Gasteiger partial charge in [-0.2, -0.15) is 0 Å². The summed E-state index contributed by atoms with van der Waals surface area (Å²) in [6.45, 7) is 9.87. The summed E-state index contributed by atoms with van der Waals surface area (Å²) in [4.78, 5) is 30.5. The van der Waals surface area contributed by atoms with Crippen molar-refractivity contribution in [2.45, 2.75) is 20.4 Å². The average molecular weight is 410 g/mol. The highest BCUT2D eigenvalue weighted by molar-refractivity contribution is 7.20. The molecule has 1 saturated heterocycles. The van der Waals surface area contributed by atoms with Crippen LogP contribution < -0.4 is 4.90 Å². The van der Waals surface area contributed by atoms with E-state index in [1.165, 1.54) is 11.3 Å². The molecule has 0 unspecified atom stereocenters. The summed E-state index contributed by atoms with van der Waals surface area (Å²) in [5.74, 6) is 1.00. The number of amides is 1. The second kappa shape index (κ2) is 8.47. The lowest BCUT2D eigenvalue weighted by molar-refractivity contribution is 0.0789. The van der Waals surface area contributed by atoms with Crippen LogP contribution in [-0.2, 0) is 6.54 Å². The van der Waals surface area contributed by atoms with Gasteiger partial charge in [0, 0.05) is 39.8 Å². The van der Waals surface area contributed by atoms with Gasteiger partial charge in [0.2, 0.25) is 0 Å². The van der Waals surface area contributed by atoms with Gasteiger partial charge in [-0.25, -0.2) is 9.97 Å². The maximum absolute atomic E-state index is 13.2. The van der Waals surface area contributed by atoms with Crippen LogP contribution in [-0.4, -0.2) is 65.4 Å². The predicted molar refractivity (Wildman–Crippen MR) is 119 cm³/mol. The third-order valence-corrected chi connectivity index (χ3v) is 6.82. The molecular formula is C22H27N5OS. The number of rotatable bonds is 5. The highest BCUT2D eigenvalue weighted by Crippen LogP contribution is 2.35. The first kappa shape index (κ1) is 19.8. The molecule has 0 N–H and O–H groups in total. The molecule has 2 aromatic heterocycles. The maximum Gasteiger partial charge on any atom is 0.264 e. The molecule has 29 heavy (non-hydrogen) atoms. The number of fused-ring (bicyclic) bond motifs is 1. The van der Waals surface area contributed by atoms with Crippen LogP contribution in [0.1, 0.15) is 27.7 Å². The summed E-state index contributed by atoms with van der Waals surface area (Å²) >= 11 is 1.47. The molecule has 1 fully saturated rings. The van der Waals surface area contributed by atoms with Crippen molar-refractivity contribution in [2.75, 3.05) is 44.7 Å². The quantitative estimate of drug-likeness (QED) is 0.646. The molecule has 1 amide bonds. The van der Waals surface area contributed by atoms with Crippen molar-refractivity contribution in [2.24, 2.45) is 0 Å². The van der Waals surface area contributed by atoms with Gasteiger partial charge in [-0.1, -0.05) is 37.3 Å². The van der Waals surface area contributed by atoms with Crippen LogP contribution in [0.4, 0.5) is 5.82 Å². The molecule has 4 rings (SSSR count). The molecule has 152 valence electrons. The Labute approximate surface area is 175 Å². The molecular weight excluding hydrogens is 382 g/mol. The Balaban J connectivity index is 1.61. The van der Waals surface area contributed by atoms with Crippen molar-refractivity contribution in [3.8, 4) is 0 Å². The van der Waals surface area contributed by atoms with E-state index in [0.29, 0.717) is 6.54 Å². The van der Waals surface area contributed by atoms with Crippen molar-refractivity contribution < 1.29 is 4.79 Å². The SMILES string of the molecule is CCN1CCN(c2ncnc3sc(C(=O)N(C)Cc4ccccc4)c(C)c23)CC1. The fraction of sp³-hybridized carbons (Fsp3) is 0.409. The van der Waals surface area contributed by atoms with E-state index in [1.54, 1.807) is 11.2 Å². The van der Waals surface area contributed by atoms with Gasteiger partial charge in [-0.15, -0.1) is 11.3 Å². The molecule has 0 radical (unpaired) electrons.